The van der Waals surface area contributed by atoms with Crippen LogP contribution in [0.1, 0.15) is 41.4 Å². The van der Waals surface area contributed by atoms with Crippen LogP contribution in [0.5, 0.6) is 0 Å². The summed E-state index contributed by atoms with van der Waals surface area (Å²) in [7, 11) is -2.51. The molecular formula is C26H27FN2O5S. The Kier molecular flexibility index (Phi) is 7.91. The summed E-state index contributed by atoms with van der Waals surface area (Å²) >= 11 is 0. The number of aryl methyl sites for hydroxylation is 1. The molecule has 0 fully saturated rings. The zero-order chi connectivity index (χ0) is 25.8. The molecule has 3 aromatic rings. The van der Waals surface area contributed by atoms with Crippen molar-refractivity contribution in [2.24, 2.45) is 0 Å². The predicted octanol–water partition coefficient (Wildman–Crippen LogP) is 4.38. The maximum atomic E-state index is 13.1. The number of amides is 1. The highest BCUT2D eigenvalue weighted by Gasteiger charge is 2.25. The first-order valence-corrected chi connectivity index (χ1v) is 12.4. The van der Waals surface area contributed by atoms with Crippen molar-refractivity contribution in [2.45, 2.75) is 37.8 Å². The standard InChI is InChI=1S/C26H27FN2O5S/c1-17-8-14-23(15-9-17)29(4)35(32,33)24-7-5-6-21(16-24)26(31)34-19(3)25(30)28-18(2)20-10-12-22(27)13-11-20/h5-16,18-19H,1-4H3,(H,28,30). The van der Waals surface area contributed by atoms with Crippen molar-refractivity contribution in [1.29, 1.82) is 0 Å². The van der Waals surface area contributed by atoms with E-state index in [0.29, 0.717) is 11.3 Å². The smallest absolute Gasteiger partial charge is 0.338 e. The molecule has 2 unspecified atom stereocenters. The van der Waals surface area contributed by atoms with E-state index in [0.717, 1.165) is 9.87 Å². The number of nitrogens with one attached hydrogen (secondary N) is 1. The number of hydrogen-bond donors (Lipinski definition) is 1. The minimum Gasteiger partial charge on any atom is -0.449 e. The van der Waals surface area contributed by atoms with Gasteiger partial charge >= 0.3 is 5.97 Å². The van der Waals surface area contributed by atoms with Gasteiger partial charge in [0.05, 0.1) is 22.2 Å². The summed E-state index contributed by atoms with van der Waals surface area (Å²) in [6.07, 6.45) is -1.14. The number of carbonyl (C=O) groups excluding carboxylic acids is 2. The molecule has 3 aromatic carbocycles. The molecule has 0 aliphatic rings. The van der Waals surface area contributed by atoms with Crippen LogP contribution in [0.25, 0.3) is 0 Å². The summed E-state index contributed by atoms with van der Waals surface area (Å²) in [5, 5.41) is 2.70. The van der Waals surface area contributed by atoms with Gasteiger partial charge in [0.1, 0.15) is 5.82 Å². The van der Waals surface area contributed by atoms with Gasteiger partial charge in [0.25, 0.3) is 15.9 Å². The quantitative estimate of drug-likeness (QED) is 0.465. The number of anilines is 1. The maximum absolute atomic E-state index is 13.1. The molecule has 0 radical (unpaired) electrons. The van der Waals surface area contributed by atoms with Crippen LogP contribution in [0.4, 0.5) is 10.1 Å². The fourth-order valence-electron chi connectivity index (χ4n) is 3.28. The number of carbonyl (C=O) groups is 2. The van der Waals surface area contributed by atoms with Gasteiger partial charge in [-0.2, -0.15) is 0 Å². The van der Waals surface area contributed by atoms with Crippen LogP contribution in [0.15, 0.2) is 77.7 Å². The monoisotopic (exact) mass is 498 g/mol. The second-order valence-corrected chi connectivity index (χ2v) is 10.1. The van der Waals surface area contributed by atoms with Crippen molar-refractivity contribution in [3.05, 3.63) is 95.3 Å². The lowest BCUT2D eigenvalue weighted by Gasteiger charge is -2.20. The SMILES string of the molecule is Cc1ccc(N(C)S(=O)(=O)c2cccc(C(=O)OC(C)C(=O)NC(C)c3ccc(F)cc3)c2)cc1. The Labute approximate surface area is 204 Å². The summed E-state index contributed by atoms with van der Waals surface area (Å²) < 4.78 is 45.7. The number of halogens is 1. The molecule has 1 N–H and O–H groups in total. The summed E-state index contributed by atoms with van der Waals surface area (Å²) in [5.41, 5.74) is 2.15. The Hall–Kier alpha value is -3.72. The molecule has 9 heteroatoms. The first-order chi connectivity index (χ1) is 16.5. The van der Waals surface area contributed by atoms with E-state index in [4.69, 9.17) is 4.74 Å². The first-order valence-electron chi connectivity index (χ1n) is 10.9. The van der Waals surface area contributed by atoms with Gasteiger partial charge in [-0.05, 0) is 68.8 Å². The second kappa shape index (κ2) is 10.7. The molecule has 0 aromatic heterocycles. The lowest BCUT2D eigenvalue weighted by Crippen LogP contribution is -2.37. The van der Waals surface area contributed by atoms with Crippen LogP contribution in [-0.2, 0) is 19.6 Å². The Morgan fingerprint density at radius 3 is 2.23 bits per heavy atom. The average Bonchev–Trinajstić information content (AvgIpc) is 2.84. The van der Waals surface area contributed by atoms with E-state index in [-0.39, 0.29) is 16.3 Å². The van der Waals surface area contributed by atoms with E-state index in [1.54, 1.807) is 43.3 Å². The van der Waals surface area contributed by atoms with Gasteiger partial charge in [-0.25, -0.2) is 17.6 Å². The van der Waals surface area contributed by atoms with Crippen molar-refractivity contribution in [1.82, 2.24) is 5.32 Å². The number of ether oxygens (including phenoxy) is 1. The molecule has 184 valence electrons. The zero-order valence-electron chi connectivity index (χ0n) is 19.9. The Balaban J connectivity index is 1.69. The molecule has 3 rings (SSSR count). The number of rotatable bonds is 8. The first kappa shape index (κ1) is 25.9. The Morgan fingerprint density at radius 2 is 1.60 bits per heavy atom. The second-order valence-electron chi connectivity index (χ2n) is 8.17. The third-order valence-corrected chi connectivity index (χ3v) is 7.29. The molecule has 1 amide bonds. The van der Waals surface area contributed by atoms with E-state index in [1.807, 2.05) is 6.92 Å². The summed E-state index contributed by atoms with van der Waals surface area (Å²) in [6.45, 7) is 5.03. The highest BCUT2D eigenvalue weighted by molar-refractivity contribution is 7.92. The molecule has 35 heavy (non-hydrogen) atoms. The van der Waals surface area contributed by atoms with Crippen LogP contribution in [0, 0.1) is 12.7 Å². The van der Waals surface area contributed by atoms with Crippen molar-refractivity contribution >= 4 is 27.6 Å². The zero-order valence-corrected chi connectivity index (χ0v) is 20.7. The van der Waals surface area contributed by atoms with Crippen LogP contribution in [0.3, 0.4) is 0 Å². The number of benzene rings is 3. The van der Waals surface area contributed by atoms with E-state index in [2.05, 4.69) is 5.32 Å². The number of sulfonamides is 1. The molecule has 0 spiro atoms. The van der Waals surface area contributed by atoms with Gasteiger partial charge in [0.2, 0.25) is 0 Å². The molecule has 0 heterocycles. The molecule has 2 atom stereocenters. The lowest BCUT2D eigenvalue weighted by atomic mass is 10.1. The van der Waals surface area contributed by atoms with E-state index in [1.165, 1.54) is 50.4 Å². The topological polar surface area (TPSA) is 92.8 Å². The summed E-state index contributed by atoms with van der Waals surface area (Å²) in [6, 6.07) is 17.7. The Morgan fingerprint density at radius 1 is 0.971 bits per heavy atom. The average molecular weight is 499 g/mol. The van der Waals surface area contributed by atoms with Gasteiger partial charge in [0, 0.05) is 7.05 Å². The molecule has 0 bridgehead atoms. The normalized spacial score (nSPS) is 12.9. The minimum absolute atomic E-state index is 0.00499. The molecule has 0 saturated heterocycles. The van der Waals surface area contributed by atoms with E-state index in [9.17, 15) is 22.4 Å². The third kappa shape index (κ3) is 6.24. The van der Waals surface area contributed by atoms with Gasteiger partial charge in [-0.3, -0.25) is 9.10 Å². The molecular weight excluding hydrogens is 471 g/mol. The molecule has 0 aliphatic heterocycles. The predicted molar refractivity (Wildman–Crippen MR) is 131 cm³/mol. The van der Waals surface area contributed by atoms with Crippen LogP contribution < -0.4 is 9.62 Å². The molecule has 0 saturated carbocycles. The van der Waals surface area contributed by atoms with Gasteiger partial charge in [-0.1, -0.05) is 35.9 Å². The molecule has 0 aliphatic carbocycles. The number of esters is 1. The third-order valence-electron chi connectivity index (χ3n) is 5.51. The minimum atomic E-state index is -3.94. The van der Waals surface area contributed by atoms with Crippen molar-refractivity contribution < 1.29 is 27.1 Å². The largest absolute Gasteiger partial charge is 0.449 e. The number of hydrogen-bond acceptors (Lipinski definition) is 5. The Bertz CT molecular complexity index is 1310. The highest BCUT2D eigenvalue weighted by Crippen LogP contribution is 2.23. The highest BCUT2D eigenvalue weighted by atomic mass is 32.2. The number of nitrogens with zero attached hydrogens (tertiary/aromatic N) is 1. The van der Waals surface area contributed by atoms with Crippen LogP contribution in [-0.4, -0.2) is 33.4 Å². The van der Waals surface area contributed by atoms with Crippen molar-refractivity contribution in [2.75, 3.05) is 11.4 Å². The summed E-state index contributed by atoms with van der Waals surface area (Å²) in [5.74, 6) is -1.76. The fourth-order valence-corrected chi connectivity index (χ4v) is 4.52. The van der Waals surface area contributed by atoms with Gasteiger partial charge < -0.3 is 10.1 Å². The van der Waals surface area contributed by atoms with Gasteiger partial charge in [0.15, 0.2) is 6.10 Å². The van der Waals surface area contributed by atoms with Crippen molar-refractivity contribution in [3.8, 4) is 0 Å². The van der Waals surface area contributed by atoms with E-state index < -0.39 is 34.0 Å². The molecule has 7 nitrogen and oxygen atoms in total. The fraction of sp³-hybridized carbons (Fsp3) is 0.231. The van der Waals surface area contributed by atoms with E-state index >= 15 is 0 Å². The lowest BCUT2D eigenvalue weighted by molar-refractivity contribution is -0.129. The summed E-state index contributed by atoms with van der Waals surface area (Å²) in [4.78, 5) is 25.1. The van der Waals surface area contributed by atoms with Crippen molar-refractivity contribution in [3.63, 3.8) is 0 Å². The van der Waals surface area contributed by atoms with Crippen LogP contribution in [0.2, 0.25) is 0 Å². The van der Waals surface area contributed by atoms with Gasteiger partial charge in [-0.15, -0.1) is 0 Å². The van der Waals surface area contributed by atoms with Crippen LogP contribution >= 0.6 is 0 Å². The maximum Gasteiger partial charge on any atom is 0.338 e.